The van der Waals surface area contributed by atoms with Crippen molar-refractivity contribution in [2.24, 2.45) is 5.92 Å². The van der Waals surface area contributed by atoms with Crippen molar-refractivity contribution < 1.29 is 14.2 Å². The number of hydroxylamine groups is 3. The maximum absolute atomic E-state index is 13.3. The fourth-order valence-electron chi connectivity index (χ4n) is 2.48. The lowest BCUT2D eigenvalue weighted by atomic mass is 10.1. The summed E-state index contributed by atoms with van der Waals surface area (Å²) in [5.74, 6) is 2.62. The van der Waals surface area contributed by atoms with Crippen LogP contribution in [-0.2, 0) is 13.3 Å². The highest BCUT2D eigenvalue weighted by molar-refractivity contribution is 6.66. The number of hydrogen-bond donors (Lipinski definition) is 1. The van der Waals surface area contributed by atoms with E-state index < -0.39 is 20.9 Å². The van der Waals surface area contributed by atoms with Gasteiger partial charge >= 0.3 is 0 Å². The highest BCUT2D eigenvalue weighted by atomic mass is 35.6. The van der Waals surface area contributed by atoms with Gasteiger partial charge in [-0.25, -0.2) is 0 Å². The smallest absolute Gasteiger partial charge is 0.234 e. The van der Waals surface area contributed by atoms with Crippen LogP contribution < -0.4 is 5.32 Å². The molecule has 0 saturated carbocycles. The van der Waals surface area contributed by atoms with Gasteiger partial charge in [-0.15, -0.1) is 0 Å². The molecule has 1 amide bonds. The molecule has 0 aromatic heterocycles. The quantitative estimate of drug-likeness (QED) is 0.351. The molecule has 3 unspecified atom stereocenters. The van der Waals surface area contributed by atoms with Crippen LogP contribution in [0.2, 0.25) is 0 Å². The molecule has 0 spiro atoms. The van der Waals surface area contributed by atoms with Crippen molar-refractivity contribution >= 4 is 40.7 Å². The minimum Gasteiger partial charge on any atom is -0.616 e. The molecular formula is C17H19Cl3N2O3. The zero-order chi connectivity index (χ0) is 18.8. The van der Waals surface area contributed by atoms with Crippen LogP contribution in [0.1, 0.15) is 38.1 Å². The molecule has 3 atom stereocenters. The van der Waals surface area contributed by atoms with E-state index in [2.05, 4.69) is 17.3 Å². The molecule has 5 nitrogen and oxygen atoms in total. The molecule has 1 heterocycles. The number of alkyl halides is 3. The van der Waals surface area contributed by atoms with Gasteiger partial charge in [0.15, 0.2) is 6.23 Å². The number of ether oxygens (including phenoxy) is 1. The molecule has 1 aliphatic rings. The Kier molecular flexibility index (Phi) is 6.26. The highest BCUT2D eigenvalue weighted by Gasteiger charge is 2.44. The summed E-state index contributed by atoms with van der Waals surface area (Å²) in [4.78, 5) is 11.3. The van der Waals surface area contributed by atoms with Gasteiger partial charge in [0.05, 0.1) is 0 Å². The molecule has 0 radical (unpaired) electrons. The summed E-state index contributed by atoms with van der Waals surface area (Å²) in [6.45, 7) is 5.11. The Labute approximate surface area is 162 Å². The van der Waals surface area contributed by atoms with E-state index >= 15 is 0 Å². The highest BCUT2D eigenvalue weighted by Crippen LogP contribution is 2.41. The number of quaternary nitrogens is 1. The Bertz CT molecular complexity index is 709. The van der Waals surface area contributed by atoms with Crippen LogP contribution in [0.15, 0.2) is 24.3 Å². The average molecular weight is 406 g/mol. The third kappa shape index (κ3) is 5.24. The van der Waals surface area contributed by atoms with Crippen LogP contribution in [0, 0.1) is 23.1 Å². The van der Waals surface area contributed by atoms with Gasteiger partial charge in [0.25, 0.3) is 0 Å². The predicted octanol–water partition coefficient (Wildman–Crippen LogP) is 3.94. The van der Waals surface area contributed by atoms with E-state index in [-0.39, 0.29) is 18.4 Å². The minimum atomic E-state index is -1.62. The van der Waals surface area contributed by atoms with E-state index in [0.29, 0.717) is 11.1 Å². The third-order valence-corrected chi connectivity index (χ3v) is 4.17. The number of benzene rings is 1. The first-order valence-corrected chi connectivity index (χ1v) is 8.86. The summed E-state index contributed by atoms with van der Waals surface area (Å²) in [7, 11) is 0. The summed E-state index contributed by atoms with van der Waals surface area (Å²) in [6.07, 6.45) is -1.69. The van der Waals surface area contributed by atoms with Crippen molar-refractivity contribution in [3.63, 3.8) is 0 Å². The second-order valence-corrected chi connectivity index (χ2v) is 8.47. The Hall–Kier alpha value is -1.000. The van der Waals surface area contributed by atoms with Crippen LogP contribution in [-0.4, -0.2) is 23.3 Å². The standard InChI is InChI=1S/C17H19Cl3N2O3/c1-11(2)7-8-22(24)10-15(21-12(3)23)25-16(22)13-5-4-6-14(9-13)17(18,19)20/h4-6,9,11,15-16H,10H2,1-3H3,(H,21,23). The van der Waals surface area contributed by atoms with E-state index in [1.165, 1.54) is 6.92 Å². The Morgan fingerprint density at radius 1 is 1.44 bits per heavy atom. The molecule has 1 aliphatic heterocycles. The summed E-state index contributed by atoms with van der Waals surface area (Å²) < 4.78 is 3.21. The third-order valence-electron chi connectivity index (χ3n) is 3.51. The SMILES string of the molecule is CC(=O)NC1C[N+]([O-])(C#CC(C)C)C(c2cccc(C(Cl)(Cl)Cl)c2)O1. The fraction of sp³-hybridized carbons (Fsp3) is 0.471. The van der Waals surface area contributed by atoms with Gasteiger partial charge in [0.2, 0.25) is 15.9 Å². The van der Waals surface area contributed by atoms with Gasteiger partial charge in [-0.1, -0.05) is 66.8 Å². The summed E-state index contributed by atoms with van der Waals surface area (Å²) in [5.41, 5.74) is 0.953. The predicted molar refractivity (Wildman–Crippen MR) is 98.2 cm³/mol. The van der Waals surface area contributed by atoms with Gasteiger partial charge < -0.3 is 10.5 Å². The molecule has 136 valence electrons. The van der Waals surface area contributed by atoms with Crippen LogP contribution in [0.3, 0.4) is 0 Å². The minimum absolute atomic E-state index is 0.0249. The Morgan fingerprint density at radius 2 is 2.12 bits per heavy atom. The largest absolute Gasteiger partial charge is 0.616 e. The van der Waals surface area contributed by atoms with E-state index in [4.69, 9.17) is 39.5 Å². The molecule has 1 aromatic carbocycles. The maximum atomic E-state index is 13.3. The van der Waals surface area contributed by atoms with Gasteiger partial charge in [-0.2, -0.15) is 0 Å². The number of hydrogen-bond acceptors (Lipinski definition) is 3. The van der Waals surface area contributed by atoms with Gasteiger partial charge in [-0.05, 0) is 12.0 Å². The van der Waals surface area contributed by atoms with Crippen LogP contribution in [0.4, 0.5) is 0 Å². The fourth-order valence-corrected chi connectivity index (χ4v) is 2.83. The molecular weight excluding hydrogens is 387 g/mol. The van der Waals surface area contributed by atoms with E-state index in [1.807, 2.05) is 13.8 Å². The zero-order valence-electron chi connectivity index (χ0n) is 14.1. The van der Waals surface area contributed by atoms with Gasteiger partial charge in [0.1, 0.15) is 12.6 Å². The normalized spacial score (nSPS) is 26.2. The average Bonchev–Trinajstić information content (AvgIpc) is 2.81. The van der Waals surface area contributed by atoms with Crippen molar-refractivity contribution in [3.8, 4) is 12.0 Å². The topological polar surface area (TPSA) is 61.4 Å². The second-order valence-electron chi connectivity index (χ2n) is 6.19. The lowest BCUT2D eigenvalue weighted by molar-refractivity contribution is -0.847. The first-order valence-electron chi connectivity index (χ1n) is 7.72. The van der Waals surface area contributed by atoms with Crippen LogP contribution in [0.5, 0.6) is 0 Å². The second kappa shape index (κ2) is 7.71. The molecule has 8 heteroatoms. The van der Waals surface area contributed by atoms with Crippen molar-refractivity contribution in [1.82, 2.24) is 5.32 Å². The monoisotopic (exact) mass is 404 g/mol. The van der Waals surface area contributed by atoms with Crippen molar-refractivity contribution in [3.05, 3.63) is 40.6 Å². The van der Waals surface area contributed by atoms with Crippen LogP contribution >= 0.6 is 34.8 Å². The molecule has 0 bridgehead atoms. The number of carbonyl (C=O) groups is 1. The molecule has 1 N–H and O–H groups in total. The number of nitrogens with one attached hydrogen (secondary N) is 1. The molecule has 1 aromatic rings. The zero-order valence-corrected chi connectivity index (χ0v) is 16.3. The van der Waals surface area contributed by atoms with Gasteiger partial charge in [0, 0.05) is 24.0 Å². The van der Waals surface area contributed by atoms with Crippen LogP contribution in [0.25, 0.3) is 0 Å². The summed E-state index contributed by atoms with van der Waals surface area (Å²) in [5, 5.41) is 15.9. The molecule has 0 aliphatic carbocycles. The first-order chi connectivity index (χ1) is 11.5. The van der Waals surface area contributed by atoms with E-state index in [9.17, 15) is 10.0 Å². The Balaban J connectivity index is 2.41. The lowest BCUT2D eigenvalue weighted by Gasteiger charge is -2.35. The number of halogens is 3. The lowest BCUT2D eigenvalue weighted by Crippen LogP contribution is -2.41. The van der Waals surface area contributed by atoms with Crippen molar-refractivity contribution in [2.45, 2.75) is 37.0 Å². The maximum Gasteiger partial charge on any atom is 0.234 e. The summed E-state index contributed by atoms with van der Waals surface area (Å²) >= 11 is 17.8. The molecule has 1 fully saturated rings. The summed E-state index contributed by atoms with van der Waals surface area (Å²) in [6, 6.07) is 9.37. The number of carbonyl (C=O) groups excluding carboxylic acids is 1. The molecule has 1 saturated heterocycles. The van der Waals surface area contributed by atoms with Crippen molar-refractivity contribution in [2.75, 3.05) is 6.54 Å². The number of amides is 1. The molecule has 2 rings (SSSR count). The van der Waals surface area contributed by atoms with Gasteiger partial charge in [-0.3, -0.25) is 14.2 Å². The van der Waals surface area contributed by atoms with E-state index in [0.717, 1.165) is 0 Å². The van der Waals surface area contributed by atoms with Crippen molar-refractivity contribution in [1.29, 1.82) is 0 Å². The Morgan fingerprint density at radius 3 is 2.68 bits per heavy atom. The number of rotatable bonds is 2. The van der Waals surface area contributed by atoms with E-state index in [1.54, 1.807) is 24.3 Å². The number of nitrogens with zero attached hydrogens (tertiary/aromatic N) is 1. The first kappa shape index (κ1) is 20.3. The molecule has 25 heavy (non-hydrogen) atoms.